The fourth-order valence-electron chi connectivity index (χ4n) is 2.78. The minimum atomic E-state index is -0.748. The second-order valence-electron chi connectivity index (χ2n) is 6.05. The summed E-state index contributed by atoms with van der Waals surface area (Å²) >= 11 is 0. The molecule has 1 heterocycles. The average Bonchev–Trinajstić information content (AvgIpc) is 2.70. The fourth-order valence-corrected chi connectivity index (χ4v) is 2.78. The van der Waals surface area contributed by atoms with E-state index in [2.05, 4.69) is 29.0 Å². The molecule has 0 spiro atoms. The van der Waals surface area contributed by atoms with Crippen molar-refractivity contribution < 1.29 is 14.3 Å². The summed E-state index contributed by atoms with van der Waals surface area (Å²) in [5.41, 5.74) is 1.36. The number of nitrogens with zero attached hydrogens (tertiary/aromatic N) is 2. The van der Waals surface area contributed by atoms with Crippen LogP contribution in [0.3, 0.4) is 0 Å². The summed E-state index contributed by atoms with van der Waals surface area (Å²) in [6, 6.07) is 12.3. The van der Waals surface area contributed by atoms with Crippen molar-refractivity contribution in [3.63, 3.8) is 0 Å². The Hall–Kier alpha value is -2.89. The predicted octanol–water partition coefficient (Wildman–Crippen LogP) is 2.83. The summed E-state index contributed by atoms with van der Waals surface area (Å²) in [7, 11) is 0. The molecule has 0 aliphatic rings. The van der Waals surface area contributed by atoms with Gasteiger partial charge in [-0.1, -0.05) is 30.3 Å². The van der Waals surface area contributed by atoms with Crippen molar-refractivity contribution in [2.45, 2.75) is 33.2 Å². The van der Waals surface area contributed by atoms with E-state index < -0.39 is 12.0 Å². The first-order valence-electron chi connectivity index (χ1n) is 9.31. The minimum absolute atomic E-state index is 0.264. The maximum atomic E-state index is 12.6. The summed E-state index contributed by atoms with van der Waals surface area (Å²) in [5, 5.41) is 2.78. The van der Waals surface area contributed by atoms with Gasteiger partial charge in [0.05, 0.1) is 12.2 Å². The summed E-state index contributed by atoms with van der Waals surface area (Å²) in [6.45, 7) is 7.81. The first-order valence-corrected chi connectivity index (χ1v) is 9.31. The molecule has 0 bridgehead atoms. The maximum absolute atomic E-state index is 12.6. The third-order valence-electron chi connectivity index (χ3n) is 4.26. The van der Waals surface area contributed by atoms with Crippen LogP contribution in [0, 0.1) is 0 Å². The van der Waals surface area contributed by atoms with Gasteiger partial charge in [0.25, 0.3) is 5.91 Å². The highest BCUT2D eigenvalue weighted by Gasteiger charge is 2.23. The average molecular weight is 369 g/mol. The van der Waals surface area contributed by atoms with E-state index in [0.717, 1.165) is 24.5 Å². The normalized spacial score (nSPS) is 11.5. The van der Waals surface area contributed by atoms with E-state index in [4.69, 9.17) is 4.74 Å². The highest BCUT2D eigenvalue weighted by molar-refractivity contribution is 5.96. The molecule has 2 rings (SSSR count). The van der Waals surface area contributed by atoms with E-state index in [1.54, 1.807) is 13.0 Å². The van der Waals surface area contributed by atoms with Crippen molar-refractivity contribution in [2.75, 3.05) is 24.6 Å². The lowest BCUT2D eigenvalue weighted by Crippen LogP contribution is -2.43. The van der Waals surface area contributed by atoms with Crippen LogP contribution < -0.4 is 10.2 Å². The molecule has 1 N–H and O–H groups in total. The molecule has 2 aromatic rings. The highest BCUT2D eigenvalue weighted by atomic mass is 16.5. The van der Waals surface area contributed by atoms with Gasteiger partial charge < -0.3 is 15.0 Å². The van der Waals surface area contributed by atoms with Crippen LogP contribution in [-0.2, 0) is 16.0 Å². The third-order valence-corrected chi connectivity index (χ3v) is 4.26. The predicted molar refractivity (Wildman–Crippen MR) is 106 cm³/mol. The minimum Gasteiger partial charge on any atom is -0.464 e. The van der Waals surface area contributed by atoms with Crippen molar-refractivity contribution in [2.24, 2.45) is 0 Å². The van der Waals surface area contributed by atoms with Crippen LogP contribution in [0.1, 0.15) is 36.7 Å². The number of amides is 1. The van der Waals surface area contributed by atoms with Gasteiger partial charge in [-0.05, 0) is 38.5 Å². The lowest BCUT2D eigenvalue weighted by atomic mass is 10.1. The van der Waals surface area contributed by atoms with Gasteiger partial charge in [0.15, 0.2) is 0 Å². The Kier molecular flexibility index (Phi) is 7.79. The summed E-state index contributed by atoms with van der Waals surface area (Å²) in [6.07, 6.45) is 1.91. The monoisotopic (exact) mass is 369 g/mol. The zero-order chi connectivity index (χ0) is 19.6. The molecule has 1 aromatic heterocycles. The molecule has 6 nitrogen and oxygen atoms in total. The first kappa shape index (κ1) is 20.4. The molecule has 144 valence electrons. The molecule has 0 fully saturated rings. The number of rotatable bonds is 9. The molecule has 0 aliphatic carbocycles. The largest absolute Gasteiger partial charge is 0.464 e. The molecular weight excluding hydrogens is 342 g/mol. The summed E-state index contributed by atoms with van der Waals surface area (Å²) in [5.74, 6) is 0.0350. The molecule has 1 atom stereocenters. The number of esters is 1. The number of aromatic nitrogens is 1. The van der Waals surface area contributed by atoms with Crippen LogP contribution in [0.2, 0.25) is 0 Å². The zero-order valence-electron chi connectivity index (χ0n) is 16.1. The molecular formula is C21H27N3O3. The Balaban J connectivity index is 2.11. The number of pyridine rings is 1. The van der Waals surface area contributed by atoms with E-state index in [-0.39, 0.29) is 12.5 Å². The number of hydrogen-bond acceptors (Lipinski definition) is 5. The van der Waals surface area contributed by atoms with Gasteiger partial charge in [-0.25, -0.2) is 9.78 Å². The smallest absolute Gasteiger partial charge is 0.328 e. The topological polar surface area (TPSA) is 71.5 Å². The Morgan fingerprint density at radius 2 is 1.78 bits per heavy atom. The van der Waals surface area contributed by atoms with Gasteiger partial charge in [-0.2, -0.15) is 0 Å². The van der Waals surface area contributed by atoms with E-state index in [0.29, 0.717) is 12.0 Å². The number of carbonyl (C=O) groups excluding carboxylic acids is 2. The molecule has 0 aliphatic heterocycles. The number of hydrogen-bond donors (Lipinski definition) is 1. The quantitative estimate of drug-likeness (QED) is 0.688. The van der Waals surface area contributed by atoms with E-state index in [1.165, 1.54) is 6.20 Å². The van der Waals surface area contributed by atoms with Crippen LogP contribution in [0.15, 0.2) is 48.7 Å². The van der Waals surface area contributed by atoms with Crippen LogP contribution >= 0.6 is 0 Å². The molecule has 6 heteroatoms. The fraction of sp³-hybridized carbons (Fsp3) is 0.381. The molecule has 1 unspecified atom stereocenters. The standard InChI is InChI=1S/C21H27N3O3/c1-4-24(5-2)19-13-12-17(15-22-19)20(25)23-18(21(26)27-6-3)14-16-10-8-7-9-11-16/h7-13,15,18H,4-6,14H2,1-3H3,(H,23,25). The van der Waals surface area contributed by atoms with Crippen molar-refractivity contribution >= 4 is 17.7 Å². The van der Waals surface area contributed by atoms with Crippen LogP contribution in [0.25, 0.3) is 0 Å². The summed E-state index contributed by atoms with van der Waals surface area (Å²) in [4.78, 5) is 31.3. The number of benzene rings is 1. The van der Waals surface area contributed by atoms with Gasteiger partial charge in [0.1, 0.15) is 11.9 Å². The Morgan fingerprint density at radius 3 is 2.33 bits per heavy atom. The van der Waals surface area contributed by atoms with Crippen LogP contribution in [0.4, 0.5) is 5.82 Å². The van der Waals surface area contributed by atoms with Crippen molar-refractivity contribution in [3.05, 3.63) is 59.8 Å². The van der Waals surface area contributed by atoms with Crippen molar-refractivity contribution in [1.82, 2.24) is 10.3 Å². The lowest BCUT2D eigenvalue weighted by molar-refractivity contribution is -0.145. The third kappa shape index (κ3) is 5.81. The Labute approximate surface area is 160 Å². The second kappa shape index (κ2) is 10.3. The molecule has 0 radical (unpaired) electrons. The van der Waals surface area contributed by atoms with Gasteiger partial charge in [-0.15, -0.1) is 0 Å². The Bertz CT molecular complexity index is 728. The van der Waals surface area contributed by atoms with Gasteiger partial charge in [-0.3, -0.25) is 4.79 Å². The van der Waals surface area contributed by atoms with Crippen LogP contribution in [-0.4, -0.2) is 42.6 Å². The molecule has 1 aromatic carbocycles. The number of carbonyl (C=O) groups is 2. The van der Waals surface area contributed by atoms with Gasteiger partial charge in [0.2, 0.25) is 0 Å². The van der Waals surface area contributed by atoms with Gasteiger partial charge >= 0.3 is 5.97 Å². The summed E-state index contributed by atoms with van der Waals surface area (Å²) < 4.78 is 5.12. The number of nitrogens with one attached hydrogen (secondary N) is 1. The van der Waals surface area contributed by atoms with Crippen molar-refractivity contribution in [1.29, 1.82) is 0 Å². The first-order chi connectivity index (χ1) is 13.1. The molecule has 27 heavy (non-hydrogen) atoms. The van der Waals surface area contributed by atoms with Crippen molar-refractivity contribution in [3.8, 4) is 0 Å². The maximum Gasteiger partial charge on any atom is 0.328 e. The van der Waals surface area contributed by atoms with Gasteiger partial charge in [0, 0.05) is 25.7 Å². The Morgan fingerprint density at radius 1 is 1.07 bits per heavy atom. The van der Waals surface area contributed by atoms with Crippen LogP contribution in [0.5, 0.6) is 0 Å². The molecule has 1 amide bonds. The van der Waals surface area contributed by atoms with E-state index >= 15 is 0 Å². The van der Waals surface area contributed by atoms with E-state index in [9.17, 15) is 9.59 Å². The molecule has 0 saturated carbocycles. The SMILES string of the molecule is CCOC(=O)C(Cc1ccccc1)NC(=O)c1ccc(N(CC)CC)nc1. The lowest BCUT2D eigenvalue weighted by Gasteiger charge is -2.20. The zero-order valence-corrected chi connectivity index (χ0v) is 16.1. The second-order valence-corrected chi connectivity index (χ2v) is 6.05. The number of ether oxygens (including phenoxy) is 1. The number of anilines is 1. The molecule has 0 saturated heterocycles. The highest BCUT2D eigenvalue weighted by Crippen LogP contribution is 2.12. The van der Waals surface area contributed by atoms with E-state index in [1.807, 2.05) is 36.4 Å².